The van der Waals surface area contributed by atoms with Gasteiger partial charge in [0.2, 0.25) is 0 Å². The summed E-state index contributed by atoms with van der Waals surface area (Å²) in [5.41, 5.74) is 0. The van der Waals surface area contributed by atoms with Crippen molar-refractivity contribution in [3.05, 3.63) is 24.3 Å². The molecule has 0 unspecified atom stereocenters. The fourth-order valence-corrected chi connectivity index (χ4v) is 2.53. The van der Waals surface area contributed by atoms with Crippen LogP contribution < -0.4 is 0 Å². The van der Waals surface area contributed by atoms with E-state index >= 15 is 0 Å². The summed E-state index contributed by atoms with van der Waals surface area (Å²) in [5.74, 6) is 0. The monoisotopic (exact) mass is 235 g/mol. The molecule has 1 aliphatic rings. The molecule has 0 atom stereocenters. The van der Waals surface area contributed by atoms with E-state index < -0.39 is 8.07 Å². The molecule has 0 spiro atoms. The van der Waals surface area contributed by atoms with Gasteiger partial charge < -0.3 is 0 Å². The number of hydrogen-bond donors (Lipinski definition) is 0. The van der Waals surface area contributed by atoms with Crippen LogP contribution in [0, 0.1) is 0 Å². The molecule has 2 heteroatoms. The number of hydrogen-bond acceptors (Lipinski definition) is 0. The van der Waals surface area contributed by atoms with Gasteiger partial charge in [-0.25, -0.2) is 0 Å². The second kappa shape index (κ2) is 2.46. The van der Waals surface area contributed by atoms with Crippen LogP contribution in [-0.4, -0.2) is 8.07 Å². The Labute approximate surface area is 75.3 Å². The first kappa shape index (κ1) is 8.48. The van der Waals surface area contributed by atoms with Crippen LogP contribution in [0.1, 0.15) is 0 Å². The molecule has 0 bridgehead atoms. The quantitative estimate of drug-likeness (QED) is 0.611. The summed E-state index contributed by atoms with van der Waals surface area (Å²) < 4.78 is 0.420. The van der Waals surface area contributed by atoms with E-state index in [-0.39, 0.29) is 0 Å². The van der Waals surface area contributed by atoms with E-state index in [1.54, 1.807) is 0 Å². The van der Waals surface area contributed by atoms with Crippen LogP contribution in [0.15, 0.2) is 24.3 Å². The Kier molecular flexibility index (Phi) is 2.08. The Morgan fingerprint density at radius 3 is 1.70 bits per heavy atom. The minimum atomic E-state index is -1.02. The van der Waals surface area contributed by atoms with E-state index in [1.165, 1.54) is 0 Å². The third-order valence-corrected chi connectivity index (χ3v) is 9.83. The van der Waals surface area contributed by atoms with Gasteiger partial charge in [0.15, 0.2) is 0 Å². The second-order valence-corrected chi connectivity index (χ2v) is 11.7. The zero-order valence-corrected chi connectivity index (χ0v) is 9.72. The molecular formula is C8H13MoSi. The van der Waals surface area contributed by atoms with Crippen molar-refractivity contribution >= 4 is 8.07 Å². The summed E-state index contributed by atoms with van der Waals surface area (Å²) >= 11 is 2.26. The third kappa shape index (κ3) is 1.35. The predicted molar refractivity (Wildman–Crippen MR) is 44.3 cm³/mol. The van der Waals surface area contributed by atoms with E-state index in [9.17, 15) is 0 Å². The van der Waals surface area contributed by atoms with Crippen LogP contribution in [-0.2, 0) is 19.8 Å². The van der Waals surface area contributed by atoms with Crippen molar-refractivity contribution in [2.75, 3.05) is 0 Å². The summed E-state index contributed by atoms with van der Waals surface area (Å²) in [6.45, 7) is 7.24. The molecule has 0 radical (unpaired) electrons. The van der Waals surface area contributed by atoms with Crippen molar-refractivity contribution in [3.63, 3.8) is 0 Å². The van der Waals surface area contributed by atoms with Crippen LogP contribution in [0.4, 0.5) is 0 Å². The van der Waals surface area contributed by atoms with Crippen LogP contribution in [0.5, 0.6) is 0 Å². The topological polar surface area (TPSA) is 0 Å². The molecule has 0 aromatic rings. The molecule has 0 saturated heterocycles. The normalized spacial score (nSPS) is 21.9. The van der Waals surface area contributed by atoms with E-state index in [0.717, 1.165) is 0 Å². The first-order chi connectivity index (χ1) is 4.46. The van der Waals surface area contributed by atoms with Crippen molar-refractivity contribution in [2.24, 2.45) is 0 Å². The third-order valence-electron chi connectivity index (χ3n) is 1.97. The standard InChI is InChI=1S/C8H13Si.Mo/c1-9(2,3)8-6-4-5-7-8;/h4-7H,1-3H3;. The first-order valence-electron chi connectivity index (χ1n) is 3.53. The van der Waals surface area contributed by atoms with Crippen LogP contribution in [0.25, 0.3) is 0 Å². The molecule has 0 saturated carbocycles. The van der Waals surface area contributed by atoms with Gasteiger partial charge in [0.1, 0.15) is 0 Å². The molecule has 1 aliphatic carbocycles. The Morgan fingerprint density at radius 1 is 1.10 bits per heavy atom. The molecule has 55 valence electrons. The SMILES string of the molecule is C[Si](C)(C)[C]1([Mo])C=CC=C1. The molecule has 0 fully saturated rings. The average Bonchev–Trinajstić information content (AvgIpc) is 2.13. The van der Waals surface area contributed by atoms with Crippen LogP contribution in [0.3, 0.4) is 0 Å². The predicted octanol–water partition coefficient (Wildman–Crippen LogP) is 2.70. The molecular weight excluding hydrogens is 220 g/mol. The van der Waals surface area contributed by atoms with E-state index in [4.69, 9.17) is 0 Å². The molecule has 0 nitrogen and oxygen atoms in total. The number of allylic oxidation sites excluding steroid dienone is 4. The van der Waals surface area contributed by atoms with Gasteiger partial charge in [-0.1, -0.05) is 0 Å². The molecule has 0 amide bonds. The molecule has 0 aromatic heterocycles. The maximum atomic E-state index is 2.41. The van der Waals surface area contributed by atoms with Gasteiger partial charge in [0, 0.05) is 0 Å². The Hall–Kier alpha value is 0.385. The first-order valence-corrected chi connectivity index (χ1v) is 8.03. The Morgan fingerprint density at radius 2 is 1.50 bits per heavy atom. The van der Waals surface area contributed by atoms with Crippen molar-refractivity contribution in [1.29, 1.82) is 0 Å². The van der Waals surface area contributed by atoms with Gasteiger partial charge in [0.05, 0.1) is 0 Å². The summed E-state index contributed by atoms with van der Waals surface area (Å²) in [6.07, 6.45) is 9.01. The fourth-order valence-electron chi connectivity index (χ4n) is 0.953. The molecule has 0 aliphatic heterocycles. The molecule has 0 aromatic carbocycles. The fraction of sp³-hybridized carbons (Fsp3) is 0.500. The minimum absolute atomic E-state index is 0.420. The molecule has 10 heavy (non-hydrogen) atoms. The van der Waals surface area contributed by atoms with E-state index in [0.29, 0.717) is 3.43 Å². The van der Waals surface area contributed by atoms with Crippen molar-refractivity contribution in [1.82, 2.24) is 0 Å². The van der Waals surface area contributed by atoms with E-state index in [2.05, 4.69) is 63.8 Å². The van der Waals surface area contributed by atoms with Gasteiger partial charge in [-0.05, 0) is 0 Å². The van der Waals surface area contributed by atoms with Gasteiger partial charge >= 0.3 is 75.3 Å². The van der Waals surface area contributed by atoms with Crippen LogP contribution in [0.2, 0.25) is 23.1 Å². The molecule has 0 N–H and O–H groups in total. The van der Waals surface area contributed by atoms with E-state index in [1.807, 2.05) is 0 Å². The summed E-state index contributed by atoms with van der Waals surface area (Å²) in [4.78, 5) is 0. The van der Waals surface area contributed by atoms with Crippen molar-refractivity contribution in [2.45, 2.75) is 23.1 Å². The zero-order chi connectivity index (χ0) is 7.83. The zero-order valence-electron chi connectivity index (χ0n) is 6.72. The van der Waals surface area contributed by atoms with Gasteiger partial charge in [-0.3, -0.25) is 0 Å². The number of rotatable bonds is 1. The average molecular weight is 233 g/mol. The summed E-state index contributed by atoms with van der Waals surface area (Å²) in [5, 5.41) is 0. The second-order valence-electron chi connectivity index (χ2n) is 3.76. The van der Waals surface area contributed by atoms with Gasteiger partial charge in [-0.2, -0.15) is 0 Å². The van der Waals surface area contributed by atoms with Gasteiger partial charge in [0.25, 0.3) is 0 Å². The molecule has 1 rings (SSSR count). The van der Waals surface area contributed by atoms with Crippen molar-refractivity contribution in [3.8, 4) is 0 Å². The Bertz CT molecular complexity index is 174. The summed E-state index contributed by atoms with van der Waals surface area (Å²) in [7, 11) is -1.02. The maximum absolute atomic E-state index is 2.41. The van der Waals surface area contributed by atoms with Crippen LogP contribution >= 0.6 is 0 Å². The molecule has 0 heterocycles. The van der Waals surface area contributed by atoms with Crippen molar-refractivity contribution < 1.29 is 19.8 Å². The van der Waals surface area contributed by atoms with Gasteiger partial charge in [-0.15, -0.1) is 0 Å². The Balaban J connectivity index is 2.90. The summed E-state index contributed by atoms with van der Waals surface area (Å²) in [6, 6.07) is 0.